The van der Waals surface area contributed by atoms with Crippen LogP contribution < -0.4 is 0 Å². The molecule has 0 aromatic carbocycles. The molecule has 0 saturated carbocycles. The molecular formula is C12H23ClO3. The molecule has 4 heteroatoms. The summed E-state index contributed by atoms with van der Waals surface area (Å²) in [5.41, 5.74) is 0. The van der Waals surface area contributed by atoms with E-state index in [1.54, 1.807) is 0 Å². The highest BCUT2D eigenvalue weighted by Crippen LogP contribution is 2.10. The minimum absolute atomic E-state index is 0.326. The molecule has 0 bridgehead atoms. The third-order valence-electron chi connectivity index (χ3n) is 2.62. The smallest absolute Gasteiger partial charge is 0.301 e. The average Bonchev–Trinajstić information content (AvgIpc) is 2.31. The minimum Gasteiger partial charge on any atom is -0.301 e. The zero-order valence-electron chi connectivity index (χ0n) is 9.92. The van der Waals surface area contributed by atoms with Gasteiger partial charge in [-0.05, 0) is 12.8 Å². The van der Waals surface area contributed by atoms with Crippen LogP contribution in [0.15, 0.2) is 0 Å². The normalized spacial score (nSPS) is 10.4. The monoisotopic (exact) mass is 250 g/mol. The fourth-order valence-corrected chi connectivity index (χ4v) is 1.84. The van der Waals surface area contributed by atoms with Crippen molar-refractivity contribution in [2.24, 2.45) is 0 Å². The fraction of sp³-hybridized carbons (Fsp3) is 0.917. The van der Waals surface area contributed by atoms with E-state index in [2.05, 4.69) is 4.89 Å². The SMILES string of the molecule is O=C(CCCCCCCCCCCCl)OO. The van der Waals surface area contributed by atoms with Gasteiger partial charge in [0.05, 0.1) is 0 Å². The molecule has 0 aliphatic carbocycles. The summed E-state index contributed by atoms with van der Waals surface area (Å²) in [4.78, 5) is 14.1. The third kappa shape index (κ3) is 11.8. The molecule has 0 heterocycles. The summed E-state index contributed by atoms with van der Waals surface area (Å²) in [6.45, 7) is 0. The summed E-state index contributed by atoms with van der Waals surface area (Å²) in [6, 6.07) is 0. The van der Waals surface area contributed by atoms with Crippen molar-refractivity contribution in [1.29, 1.82) is 0 Å². The molecule has 0 spiro atoms. The number of rotatable bonds is 11. The van der Waals surface area contributed by atoms with E-state index in [0.717, 1.165) is 31.6 Å². The predicted octanol–water partition coefficient (Wildman–Crippen LogP) is 4.14. The van der Waals surface area contributed by atoms with Gasteiger partial charge in [0, 0.05) is 12.3 Å². The van der Waals surface area contributed by atoms with Gasteiger partial charge < -0.3 is 4.89 Å². The van der Waals surface area contributed by atoms with E-state index in [0.29, 0.717) is 6.42 Å². The highest BCUT2D eigenvalue weighted by molar-refractivity contribution is 6.17. The van der Waals surface area contributed by atoms with Gasteiger partial charge in [0.1, 0.15) is 0 Å². The summed E-state index contributed by atoms with van der Waals surface area (Å²) in [6.07, 6.45) is 10.8. The largest absolute Gasteiger partial charge is 0.342 e. The summed E-state index contributed by atoms with van der Waals surface area (Å²) >= 11 is 5.58. The van der Waals surface area contributed by atoms with Crippen LogP contribution in [0.4, 0.5) is 0 Å². The van der Waals surface area contributed by atoms with Gasteiger partial charge in [-0.15, -0.1) is 11.6 Å². The predicted molar refractivity (Wildman–Crippen MR) is 65.6 cm³/mol. The van der Waals surface area contributed by atoms with Gasteiger partial charge in [-0.2, -0.15) is 5.26 Å². The van der Waals surface area contributed by atoms with Crippen molar-refractivity contribution in [3.05, 3.63) is 0 Å². The lowest BCUT2D eigenvalue weighted by Gasteiger charge is -2.01. The van der Waals surface area contributed by atoms with E-state index in [-0.39, 0.29) is 0 Å². The number of hydrogen-bond acceptors (Lipinski definition) is 3. The van der Waals surface area contributed by atoms with Crippen molar-refractivity contribution in [2.45, 2.75) is 64.2 Å². The Hall–Kier alpha value is -0.280. The number of hydrogen-bond donors (Lipinski definition) is 1. The molecule has 0 fully saturated rings. The standard InChI is InChI=1S/C12H23ClO3/c13-11-9-7-5-3-1-2-4-6-8-10-12(14)16-15/h15H,1-11H2. The molecule has 0 unspecified atom stereocenters. The third-order valence-corrected chi connectivity index (χ3v) is 2.88. The van der Waals surface area contributed by atoms with E-state index in [1.165, 1.54) is 32.1 Å². The molecule has 0 amide bonds. The first-order valence-corrected chi connectivity index (χ1v) is 6.75. The zero-order chi connectivity index (χ0) is 12.1. The Balaban J connectivity index is 2.96. The van der Waals surface area contributed by atoms with E-state index < -0.39 is 5.97 Å². The van der Waals surface area contributed by atoms with Gasteiger partial charge in [0.15, 0.2) is 0 Å². The molecule has 16 heavy (non-hydrogen) atoms. The molecular weight excluding hydrogens is 228 g/mol. The molecule has 1 N–H and O–H groups in total. The van der Waals surface area contributed by atoms with Crippen LogP contribution in [0.5, 0.6) is 0 Å². The van der Waals surface area contributed by atoms with Crippen molar-refractivity contribution >= 4 is 17.6 Å². The highest BCUT2D eigenvalue weighted by atomic mass is 35.5. The second-order valence-corrected chi connectivity index (χ2v) is 4.46. The Morgan fingerprint density at radius 2 is 1.31 bits per heavy atom. The van der Waals surface area contributed by atoms with Gasteiger partial charge in [0.2, 0.25) is 0 Å². The quantitative estimate of drug-likeness (QED) is 0.259. The molecule has 0 saturated heterocycles. The number of carbonyl (C=O) groups excluding carboxylic acids is 1. The van der Waals surface area contributed by atoms with Gasteiger partial charge in [-0.1, -0.05) is 44.9 Å². The molecule has 0 rings (SSSR count). The molecule has 0 radical (unpaired) electrons. The van der Waals surface area contributed by atoms with E-state index in [4.69, 9.17) is 16.9 Å². The Bertz CT molecular complexity index is 162. The summed E-state index contributed by atoms with van der Waals surface area (Å²) in [5.74, 6) is 0.252. The second-order valence-electron chi connectivity index (χ2n) is 4.08. The molecule has 0 aromatic heterocycles. The van der Waals surface area contributed by atoms with Gasteiger partial charge >= 0.3 is 5.97 Å². The maximum atomic E-state index is 10.6. The summed E-state index contributed by atoms with van der Waals surface area (Å²) in [7, 11) is 0. The molecule has 0 aromatic rings. The van der Waals surface area contributed by atoms with Crippen molar-refractivity contribution in [1.82, 2.24) is 0 Å². The zero-order valence-corrected chi connectivity index (χ0v) is 10.7. The topological polar surface area (TPSA) is 46.5 Å². The van der Waals surface area contributed by atoms with Crippen LogP contribution in [-0.2, 0) is 9.68 Å². The van der Waals surface area contributed by atoms with E-state index in [1.807, 2.05) is 0 Å². The average molecular weight is 251 g/mol. The Kier molecular flexibility index (Phi) is 12.6. The number of alkyl halides is 1. The van der Waals surface area contributed by atoms with Crippen LogP contribution in [0, 0.1) is 0 Å². The molecule has 0 aliphatic heterocycles. The van der Waals surface area contributed by atoms with Crippen LogP contribution in [-0.4, -0.2) is 17.1 Å². The van der Waals surface area contributed by atoms with Crippen molar-refractivity contribution in [3.63, 3.8) is 0 Å². The molecule has 0 atom stereocenters. The Morgan fingerprint density at radius 3 is 1.75 bits per heavy atom. The first-order valence-electron chi connectivity index (χ1n) is 6.21. The fourth-order valence-electron chi connectivity index (χ4n) is 1.65. The Labute approximate surface area is 103 Å². The first kappa shape index (κ1) is 15.7. The maximum absolute atomic E-state index is 10.6. The minimum atomic E-state index is -0.527. The van der Waals surface area contributed by atoms with Gasteiger partial charge in [0.25, 0.3) is 0 Å². The van der Waals surface area contributed by atoms with Crippen molar-refractivity contribution < 1.29 is 14.9 Å². The molecule has 3 nitrogen and oxygen atoms in total. The highest BCUT2D eigenvalue weighted by Gasteiger charge is 2.00. The number of halogens is 1. The number of unbranched alkanes of at least 4 members (excludes halogenated alkanes) is 8. The van der Waals surface area contributed by atoms with Crippen molar-refractivity contribution in [3.8, 4) is 0 Å². The summed E-state index contributed by atoms with van der Waals surface area (Å²) in [5, 5.41) is 8.02. The number of carbonyl (C=O) groups is 1. The molecule has 96 valence electrons. The second kappa shape index (κ2) is 12.8. The lowest BCUT2D eigenvalue weighted by atomic mass is 10.1. The maximum Gasteiger partial charge on any atom is 0.342 e. The van der Waals surface area contributed by atoms with Crippen LogP contribution in [0.1, 0.15) is 64.2 Å². The van der Waals surface area contributed by atoms with Crippen LogP contribution in [0.25, 0.3) is 0 Å². The van der Waals surface area contributed by atoms with Gasteiger partial charge in [-0.3, -0.25) is 0 Å². The molecule has 0 aliphatic rings. The van der Waals surface area contributed by atoms with Crippen LogP contribution in [0.3, 0.4) is 0 Å². The van der Waals surface area contributed by atoms with Crippen molar-refractivity contribution in [2.75, 3.05) is 5.88 Å². The van der Waals surface area contributed by atoms with E-state index in [9.17, 15) is 4.79 Å². The Morgan fingerprint density at radius 1 is 0.875 bits per heavy atom. The first-order chi connectivity index (χ1) is 7.81. The lowest BCUT2D eigenvalue weighted by Crippen LogP contribution is -1.99. The van der Waals surface area contributed by atoms with Crippen LogP contribution in [0.2, 0.25) is 0 Å². The van der Waals surface area contributed by atoms with Gasteiger partial charge in [-0.25, -0.2) is 4.79 Å². The summed E-state index contributed by atoms with van der Waals surface area (Å²) < 4.78 is 0. The van der Waals surface area contributed by atoms with E-state index >= 15 is 0 Å². The lowest BCUT2D eigenvalue weighted by molar-refractivity contribution is -0.234. The van der Waals surface area contributed by atoms with Crippen LogP contribution >= 0.6 is 11.6 Å².